The number of ether oxygens (including phenoxy) is 1. The minimum atomic E-state index is -1.15. The number of rotatable bonds is 4. The Morgan fingerprint density at radius 2 is 2.12 bits per heavy atom. The number of nitrogens with one attached hydrogen (secondary N) is 1. The van der Waals surface area contributed by atoms with Crippen molar-refractivity contribution in [2.75, 3.05) is 19.7 Å². The Hall–Kier alpha value is -2.93. The predicted molar refractivity (Wildman–Crippen MR) is 90.9 cm³/mol. The Morgan fingerprint density at radius 3 is 2.96 bits per heavy atom. The second kappa shape index (κ2) is 6.18. The maximum atomic E-state index is 12.5. The molecule has 0 radical (unpaired) electrons. The quantitative estimate of drug-likeness (QED) is 0.751. The highest BCUT2D eigenvalue weighted by atomic mass is 16.5. The largest absolute Gasteiger partial charge is 0.483 e. The molecule has 3 aromatic rings. The van der Waals surface area contributed by atoms with Gasteiger partial charge in [-0.05, 0) is 11.5 Å². The van der Waals surface area contributed by atoms with Crippen molar-refractivity contribution < 1.29 is 14.6 Å². The fourth-order valence-electron chi connectivity index (χ4n) is 3.19. The van der Waals surface area contributed by atoms with Crippen LogP contribution < -0.4 is 4.74 Å². The lowest BCUT2D eigenvalue weighted by Gasteiger charge is -2.21. The van der Waals surface area contributed by atoms with Crippen molar-refractivity contribution in [1.82, 2.24) is 20.3 Å². The van der Waals surface area contributed by atoms with Gasteiger partial charge in [0.15, 0.2) is 6.61 Å². The molecule has 2 heterocycles. The third-order valence-corrected chi connectivity index (χ3v) is 4.59. The van der Waals surface area contributed by atoms with E-state index in [2.05, 4.69) is 15.4 Å². The van der Waals surface area contributed by atoms with Gasteiger partial charge in [0, 0.05) is 18.4 Å². The number of benzene rings is 2. The molecule has 128 valence electrons. The minimum Gasteiger partial charge on any atom is -0.483 e. The van der Waals surface area contributed by atoms with Gasteiger partial charge in [-0.15, -0.1) is 0 Å². The maximum absolute atomic E-state index is 12.5. The van der Waals surface area contributed by atoms with Crippen molar-refractivity contribution in [2.24, 2.45) is 0 Å². The molecule has 1 unspecified atom stereocenters. The van der Waals surface area contributed by atoms with Gasteiger partial charge in [-0.1, -0.05) is 36.4 Å². The van der Waals surface area contributed by atoms with E-state index in [0.29, 0.717) is 24.4 Å². The van der Waals surface area contributed by atoms with Crippen LogP contribution in [0.3, 0.4) is 0 Å². The molecule has 1 fully saturated rings. The normalized spacial score (nSPS) is 20.1. The first kappa shape index (κ1) is 15.6. The zero-order valence-corrected chi connectivity index (χ0v) is 13.6. The average Bonchev–Trinajstić information content (AvgIpc) is 3.30. The molecule has 1 aliphatic rings. The van der Waals surface area contributed by atoms with Gasteiger partial charge in [-0.2, -0.15) is 15.4 Å². The summed E-state index contributed by atoms with van der Waals surface area (Å²) in [6, 6.07) is 13.6. The number of carbonyl (C=O) groups excluding carboxylic acids is 1. The number of fused-ring (bicyclic) bond motifs is 1. The maximum Gasteiger partial charge on any atom is 0.260 e. The summed E-state index contributed by atoms with van der Waals surface area (Å²) in [5, 5.41) is 22.8. The number of amides is 1. The van der Waals surface area contributed by atoms with Gasteiger partial charge < -0.3 is 14.7 Å². The molecule has 4 rings (SSSR count). The van der Waals surface area contributed by atoms with Gasteiger partial charge in [0.2, 0.25) is 0 Å². The Bertz CT molecular complexity index is 891. The van der Waals surface area contributed by atoms with E-state index in [0.717, 1.165) is 10.8 Å². The molecule has 0 spiro atoms. The third-order valence-electron chi connectivity index (χ3n) is 4.59. The first-order valence-corrected chi connectivity index (χ1v) is 8.13. The Labute approximate surface area is 144 Å². The fourth-order valence-corrected chi connectivity index (χ4v) is 3.19. The first-order chi connectivity index (χ1) is 12.2. The number of likely N-dealkylation sites (tertiary alicyclic amines) is 1. The molecule has 7 nitrogen and oxygen atoms in total. The Kier molecular flexibility index (Phi) is 3.85. The van der Waals surface area contributed by atoms with E-state index in [1.807, 2.05) is 42.5 Å². The summed E-state index contributed by atoms with van der Waals surface area (Å²) in [6.45, 7) is 0.585. The van der Waals surface area contributed by atoms with Crippen molar-refractivity contribution in [3.63, 3.8) is 0 Å². The SMILES string of the molecule is O=C(COc1cccc2ccccc12)N1CCC(O)(c2cn[nH]n2)C1. The summed E-state index contributed by atoms with van der Waals surface area (Å²) < 4.78 is 5.75. The van der Waals surface area contributed by atoms with E-state index in [9.17, 15) is 9.90 Å². The zero-order chi connectivity index (χ0) is 17.3. The Morgan fingerprint density at radius 1 is 1.28 bits per heavy atom. The topological polar surface area (TPSA) is 91.3 Å². The standard InChI is InChI=1S/C18H18N4O3/c23-17(22-9-8-18(24,12-22)16-10-19-21-20-16)11-25-15-7-3-5-13-4-1-2-6-14(13)15/h1-7,10,24H,8-9,11-12H2,(H,19,20,21). The summed E-state index contributed by atoms with van der Waals surface area (Å²) in [6.07, 6.45) is 1.92. The van der Waals surface area contributed by atoms with Gasteiger partial charge in [0.25, 0.3) is 5.91 Å². The monoisotopic (exact) mass is 338 g/mol. The van der Waals surface area contributed by atoms with E-state index in [1.165, 1.54) is 6.20 Å². The van der Waals surface area contributed by atoms with E-state index in [1.54, 1.807) is 4.90 Å². The summed E-state index contributed by atoms with van der Waals surface area (Å²) >= 11 is 0. The van der Waals surface area contributed by atoms with Crippen molar-refractivity contribution in [3.8, 4) is 5.75 Å². The van der Waals surface area contributed by atoms with Crippen molar-refractivity contribution >= 4 is 16.7 Å². The van der Waals surface area contributed by atoms with Crippen LogP contribution in [-0.4, -0.2) is 51.0 Å². The highest BCUT2D eigenvalue weighted by Gasteiger charge is 2.41. The summed E-state index contributed by atoms with van der Waals surface area (Å²) in [5.74, 6) is 0.518. The highest BCUT2D eigenvalue weighted by molar-refractivity contribution is 5.88. The van der Waals surface area contributed by atoms with Crippen LogP contribution in [0.1, 0.15) is 12.1 Å². The summed E-state index contributed by atoms with van der Waals surface area (Å²) in [5.41, 5.74) is -0.694. The number of aromatic nitrogens is 3. The van der Waals surface area contributed by atoms with Crippen LogP contribution in [0.25, 0.3) is 10.8 Å². The number of nitrogens with zero attached hydrogens (tertiary/aromatic N) is 3. The molecule has 0 aliphatic carbocycles. The molecule has 2 N–H and O–H groups in total. The molecule has 1 aliphatic heterocycles. The Balaban J connectivity index is 1.43. The third kappa shape index (κ3) is 2.94. The van der Waals surface area contributed by atoms with Crippen LogP contribution in [0, 0.1) is 0 Å². The van der Waals surface area contributed by atoms with Crippen LogP contribution in [0.15, 0.2) is 48.7 Å². The van der Waals surface area contributed by atoms with Crippen molar-refractivity contribution in [2.45, 2.75) is 12.0 Å². The van der Waals surface area contributed by atoms with Gasteiger partial charge in [-0.3, -0.25) is 4.79 Å². The number of H-pyrrole nitrogens is 1. The molecule has 25 heavy (non-hydrogen) atoms. The van der Waals surface area contributed by atoms with E-state index in [-0.39, 0.29) is 19.1 Å². The molecule has 1 amide bonds. The van der Waals surface area contributed by atoms with Gasteiger partial charge in [0.05, 0.1) is 12.7 Å². The molecule has 2 aromatic carbocycles. The van der Waals surface area contributed by atoms with Crippen LogP contribution in [0.5, 0.6) is 5.75 Å². The summed E-state index contributed by atoms with van der Waals surface area (Å²) in [7, 11) is 0. The van der Waals surface area contributed by atoms with Crippen LogP contribution in [0.2, 0.25) is 0 Å². The van der Waals surface area contributed by atoms with Crippen LogP contribution in [0.4, 0.5) is 0 Å². The van der Waals surface area contributed by atoms with Gasteiger partial charge in [0.1, 0.15) is 17.0 Å². The number of hydrogen-bond acceptors (Lipinski definition) is 5. The van der Waals surface area contributed by atoms with Crippen LogP contribution in [-0.2, 0) is 10.4 Å². The molecule has 7 heteroatoms. The molecule has 1 atom stereocenters. The average molecular weight is 338 g/mol. The fraction of sp³-hybridized carbons (Fsp3) is 0.278. The molecular formula is C18H18N4O3. The number of aliphatic hydroxyl groups is 1. The van der Waals surface area contributed by atoms with Gasteiger partial charge >= 0.3 is 0 Å². The minimum absolute atomic E-state index is 0.0666. The van der Waals surface area contributed by atoms with Crippen LogP contribution >= 0.6 is 0 Å². The van der Waals surface area contributed by atoms with E-state index < -0.39 is 5.60 Å². The lowest BCUT2D eigenvalue weighted by atomic mass is 10.0. The number of hydrogen-bond donors (Lipinski definition) is 2. The molecular weight excluding hydrogens is 320 g/mol. The smallest absolute Gasteiger partial charge is 0.260 e. The molecule has 0 saturated carbocycles. The lowest BCUT2D eigenvalue weighted by molar-refractivity contribution is -0.133. The molecule has 1 saturated heterocycles. The zero-order valence-electron chi connectivity index (χ0n) is 13.6. The second-order valence-electron chi connectivity index (χ2n) is 6.22. The van der Waals surface area contributed by atoms with E-state index >= 15 is 0 Å². The number of aromatic amines is 1. The van der Waals surface area contributed by atoms with Gasteiger partial charge in [-0.25, -0.2) is 0 Å². The predicted octanol–water partition coefficient (Wildman–Crippen LogP) is 1.46. The number of β-amino-alcohol motifs (C(OH)–C–C–N with tert-alkyl or cyclic N) is 1. The second-order valence-corrected chi connectivity index (χ2v) is 6.22. The lowest BCUT2D eigenvalue weighted by Crippen LogP contribution is -2.37. The summed E-state index contributed by atoms with van der Waals surface area (Å²) in [4.78, 5) is 14.1. The van der Waals surface area contributed by atoms with Crippen molar-refractivity contribution in [1.29, 1.82) is 0 Å². The molecule has 0 bridgehead atoms. The highest BCUT2D eigenvalue weighted by Crippen LogP contribution is 2.30. The number of carbonyl (C=O) groups is 1. The molecule has 1 aromatic heterocycles. The first-order valence-electron chi connectivity index (χ1n) is 8.13. The van der Waals surface area contributed by atoms with Crippen molar-refractivity contribution in [3.05, 3.63) is 54.4 Å². The van der Waals surface area contributed by atoms with E-state index in [4.69, 9.17) is 4.74 Å².